The van der Waals surface area contributed by atoms with E-state index < -0.39 is 0 Å². The zero-order valence-corrected chi connectivity index (χ0v) is 5.17. The lowest BCUT2D eigenvalue weighted by molar-refractivity contribution is 0.495. The Morgan fingerprint density at radius 2 is 2.67 bits per heavy atom. The Bertz CT molecular complexity index is 183. The van der Waals surface area contributed by atoms with Gasteiger partial charge in [0.1, 0.15) is 0 Å². The zero-order valence-electron chi connectivity index (χ0n) is 5.17. The predicted octanol–water partition coefficient (Wildman–Crippen LogP) is -0.0137. The summed E-state index contributed by atoms with van der Waals surface area (Å²) in [7, 11) is 0. The molecule has 2 rings (SSSR count). The van der Waals surface area contributed by atoms with Gasteiger partial charge in [-0.2, -0.15) is 0 Å². The summed E-state index contributed by atoms with van der Waals surface area (Å²) in [4.78, 5) is 4.03. The molecule has 9 heavy (non-hydrogen) atoms. The number of fused-ring (bicyclic) bond motifs is 1. The monoisotopic (exact) mass is 123 g/mol. The SMILES string of the molecule is c1ncn2c1CCNC2. The van der Waals surface area contributed by atoms with E-state index >= 15 is 0 Å². The molecule has 1 aromatic heterocycles. The highest BCUT2D eigenvalue weighted by Crippen LogP contribution is 2.01. The summed E-state index contributed by atoms with van der Waals surface area (Å²) in [6.45, 7) is 2.01. The van der Waals surface area contributed by atoms with Crippen molar-refractivity contribution in [3.8, 4) is 0 Å². The largest absolute Gasteiger partial charge is 0.321 e. The first-order valence-corrected chi connectivity index (χ1v) is 3.16. The molecule has 1 aromatic rings. The molecular formula is C6H9N3. The lowest BCUT2D eigenvalue weighted by Crippen LogP contribution is -2.27. The second kappa shape index (κ2) is 1.84. The van der Waals surface area contributed by atoms with Crippen molar-refractivity contribution in [1.82, 2.24) is 14.9 Å². The Morgan fingerprint density at radius 1 is 1.67 bits per heavy atom. The number of hydrogen-bond acceptors (Lipinski definition) is 2. The van der Waals surface area contributed by atoms with E-state index in [1.807, 2.05) is 12.5 Å². The smallest absolute Gasteiger partial charge is 0.0959 e. The number of nitrogens with zero attached hydrogens (tertiary/aromatic N) is 2. The number of hydrogen-bond donors (Lipinski definition) is 1. The Balaban J connectivity index is 2.39. The fourth-order valence-electron chi connectivity index (χ4n) is 1.11. The molecule has 3 heteroatoms. The molecule has 0 radical (unpaired) electrons. The molecule has 1 aliphatic rings. The van der Waals surface area contributed by atoms with Crippen LogP contribution in [0.15, 0.2) is 12.5 Å². The van der Waals surface area contributed by atoms with Crippen molar-refractivity contribution in [2.75, 3.05) is 6.54 Å². The lowest BCUT2D eigenvalue weighted by Gasteiger charge is -2.14. The maximum atomic E-state index is 4.03. The highest BCUT2D eigenvalue weighted by Gasteiger charge is 2.04. The minimum Gasteiger partial charge on any atom is -0.321 e. The van der Waals surface area contributed by atoms with E-state index in [1.54, 1.807) is 0 Å². The summed E-state index contributed by atoms with van der Waals surface area (Å²) in [5, 5.41) is 3.25. The van der Waals surface area contributed by atoms with E-state index in [0.29, 0.717) is 0 Å². The molecule has 0 saturated heterocycles. The van der Waals surface area contributed by atoms with E-state index in [-0.39, 0.29) is 0 Å². The first-order valence-electron chi connectivity index (χ1n) is 3.16. The number of aromatic nitrogens is 2. The number of imidazole rings is 1. The normalized spacial score (nSPS) is 17.3. The van der Waals surface area contributed by atoms with Gasteiger partial charge < -0.3 is 4.57 Å². The van der Waals surface area contributed by atoms with E-state index in [9.17, 15) is 0 Å². The molecule has 1 N–H and O–H groups in total. The Morgan fingerprint density at radius 3 is 3.56 bits per heavy atom. The van der Waals surface area contributed by atoms with Gasteiger partial charge in [0.2, 0.25) is 0 Å². The van der Waals surface area contributed by atoms with Crippen LogP contribution in [0.3, 0.4) is 0 Å². The van der Waals surface area contributed by atoms with Crippen LogP contribution in [0.5, 0.6) is 0 Å². The molecule has 0 bridgehead atoms. The quantitative estimate of drug-likeness (QED) is 0.525. The van der Waals surface area contributed by atoms with Crippen LogP contribution in [0.25, 0.3) is 0 Å². The summed E-state index contributed by atoms with van der Waals surface area (Å²) >= 11 is 0. The minimum absolute atomic E-state index is 0.926. The lowest BCUT2D eigenvalue weighted by atomic mass is 10.3. The van der Waals surface area contributed by atoms with Crippen molar-refractivity contribution in [2.45, 2.75) is 13.1 Å². The minimum atomic E-state index is 0.926. The van der Waals surface area contributed by atoms with Crippen molar-refractivity contribution >= 4 is 0 Å². The summed E-state index contributed by atoms with van der Waals surface area (Å²) in [6.07, 6.45) is 4.91. The van der Waals surface area contributed by atoms with Gasteiger partial charge in [-0.1, -0.05) is 0 Å². The summed E-state index contributed by atoms with van der Waals surface area (Å²) < 4.78 is 2.13. The average molecular weight is 123 g/mol. The molecule has 0 amide bonds. The highest BCUT2D eigenvalue weighted by atomic mass is 15.2. The van der Waals surface area contributed by atoms with Crippen molar-refractivity contribution in [3.05, 3.63) is 18.2 Å². The predicted molar refractivity (Wildman–Crippen MR) is 33.9 cm³/mol. The van der Waals surface area contributed by atoms with Gasteiger partial charge in [0.05, 0.1) is 13.0 Å². The van der Waals surface area contributed by atoms with E-state index in [1.165, 1.54) is 5.69 Å². The van der Waals surface area contributed by atoms with Crippen LogP contribution in [-0.2, 0) is 13.1 Å². The maximum Gasteiger partial charge on any atom is 0.0959 e. The second-order valence-corrected chi connectivity index (χ2v) is 2.26. The van der Waals surface area contributed by atoms with Gasteiger partial charge in [0.25, 0.3) is 0 Å². The molecule has 1 aliphatic heterocycles. The van der Waals surface area contributed by atoms with Gasteiger partial charge in [-0.3, -0.25) is 5.32 Å². The van der Waals surface area contributed by atoms with E-state index in [0.717, 1.165) is 19.6 Å². The van der Waals surface area contributed by atoms with E-state index in [2.05, 4.69) is 14.9 Å². The zero-order chi connectivity index (χ0) is 6.10. The number of nitrogens with one attached hydrogen (secondary N) is 1. The fraction of sp³-hybridized carbons (Fsp3) is 0.500. The van der Waals surface area contributed by atoms with Gasteiger partial charge in [-0.25, -0.2) is 4.98 Å². The maximum absolute atomic E-state index is 4.03. The molecule has 0 aromatic carbocycles. The molecule has 0 saturated carbocycles. The van der Waals surface area contributed by atoms with Crippen molar-refractivity contribution in [1.29, 1.82) is 0 Å². The third-order valence-electron chi connectivity index (χ3n) is 1.64. The van der Waals surface area contributed by atoms with Crippen molar-refractivity contribution < 1.29 is 0 Å². The summed E-state index contributed by atoms with van der Waals surface area (Å²) in [5.74, 6) is 0. The van der Waals surface area contributed by atoms with Crippen LogP contribution in [0.2, 0.25) is 0 Å². The van der Waals surface area contributed by atoms with E-state index in [4.69, 9.17) is 0 Å². The van der Waals surface area contributed by atoms with Gasteiger partial charge >= 0.3 is 0 Å². The first kappa shape index (κ1) is 4.99. The number of rotatable bonds is 0. The molecule has 0 fully saturated rings. The van der Waals surface area contributed by atoms with Crippen molar-refractivity contribution in [3.63, 3.8) is 0 Å². The third-order valence-corrected chi connectivity index (χ3v) is 1.64. The van der Waals surface area contributed by atoms with Gasteiger partial charge in [-0.05, 0) is 0 Å². The summed E-state index contributed by atoms with van der Waals surface area (Å²) in [5.41, 5.74) is 1.34. The molecule has 0 unspecified atom stereocenters. The fourth-order valence-corrected chi connectivity index (χ4v) is 1.11. The third kappa shape index (κ3) is 0.733. The van der Waals surface area contributed by atoms with Crippen LogP contribution in [0, 0.1) is 0 Å². The van der Waals surface area contributed by atoms with Crippen LogP contribution in [-0.4, -0.2) is 16.1 Å². The van der Waals surface area contributed by atoms with Crippen LogP contribution >= 0.6 is 0 Å². The van der Waals surface area contributed by atoms with Crippen LogP contribution < -0.4 is 5.32 Å². The Hall–Kier alpha value is -0.830. The second-order valence-electron chi connectivity index (χ2n) is 2.26. The van der Waals surface area contributed by atoms with Gasteiger partial charge in [-0.15, -0.1) is 0 Å². The molecule has 0 atom stereocenters. The first-order chi connectivity index (χ1) is 4.47. The standard InChI is InChI=1S/C6H9N3/c1-2-7-4-9-5-8-3-6(1)9/h3,5,7H,1-2,4H2. The van der Waals surface area contributed by atoms with Crippen molar-refractivity contribution in [2.24, 2.45) is 0 Å². The molecular weight excluding hydrogens is 114 g/mol. The van der Waals surface area contributed by atoms with Crippen LogP contribution in [0.4, 0.5) is 0 Å². The Kier molecular flexibility index (Phi) is 1.02. The molecule has 0 aliphatic carbocycles. The molecule has 2 heterocycles. The topological polar surface area (TPSA) is 29.9 Å². The molecule has 0 spiro atoms. The summed E-state index contributed by atoms with van der Waals surface area (Å²) in [6, 6.07) is 0. The van der Waals surface area contributed by atoms with Crippen LogP contribution in [0.1, 0.15) is 5.69 Å². The molecule has 48 valence electrons. The highest BCUT2D eigenvalue weighted by molar-refractivity contribution is 5.00. The molecule has 3 nitrogen and oxygen atoms in total. The average Bonchev–Trinajstić information content (AvgIpc) is 2.33. The van der Waals surface area contributed by atoms with Gasteiger partial charge in [0, 0.05) is 24.9 Å². The Labute approximate surface area is 53.7 Å². The van der Waals surface area contributed by atoms with Gasteiger partial charge in [0.15, 0.2) is 0 Å².